The molecule has 1 aliphatic rings. The number of unbranched alkanes of at least 4 members (excludes halogenated alkanes) is 27. The number of rotatable bonds is 55. The molecule has 5 heterocycles. The fraction of sp³-hybridized carbons (Fsp3) is 0.527. The summed E-state index contributed by atoms with van der Waals surface area (Å²) in [4.78, 5) is 16.3. The SMILES string of the molecule is CCCCCCOc1cc(OCCCCCC)cc(C2=c3ccc([nH]3)=C(c3ccc(OCCCCCCCCCCCCOS(C)(=O)=O)cc3)c3ccc([nH]3)C(c3cc(OCCCCCC)cc(OCCCCCC)c3)=c3ccc([nH]3)=C(c3cc(OCCCCCC)cc(OCCCCCC)c3)c3ccc2[nH]3)c1. The Kier molecular flexibility index (Phi) is 36.7. The Morgan fingerprint density at radius 1 is 0.231 bits per heavy atom. The van der Waals surface area contributed by atoms with Gasteiger partial charge in [-0.1, -0.05) is 221 Å². The molecule has 15 heteroatoms. The summed E-state index contributed by atoms with van der Waals surface area (Å²) in [5.74, 6) is 5.49. The molecule has 0 atom stereocenters. The van der Waals surface area contributed by atoms with Crippen molar-refractivity contribution in [3.63, 3.8) is 0 Å². The molecule has 8 bridgehead atoms. The normalized spacial score (nSPS) is 12.3. The van der Waals surface area contributed by atoms with E-state index in [4.69, 9.17) is 37.3 Å². The van der Waals surface area contributed by atoms with Crippen LogP contribution in [0.25, 0.3) is 22.3 Å². The maximum absolute atomic E-state index is 11.3. The zero-order valence-corrected chi connectivity index (χ0v) is 67.6. The smallest absolute Gasteiger partial charge is 0.264 e. The lowest BCUT2D eigenvalue weighted by Gasteiger charge is -2.15. The van der Waals surface area contributed by atoms with Gasteiger partial charge in [0.05, 0.1) is 59.1 Å². The number of aromatic amines is 4. The van der Waals surface area contributed by atoms with E-state index in [-0.39, 0.29) is 6.61 Å². The molecule has 9 rings (SSSR count). The van der Waals surface area contributed by atoms with Crippen LogP contribution in [0, 0.1) is 0 Å². The molecule has 8 aromatic rings. The van der Waals surface area contributed by atoms with E-state index in [1.54, 1.807) is 0 Å². The van der Waals surface area contributed by atoms with Gasteiger partial charge < -0.3 is 53.1 Å². The van der Waals surface area contributed by atoms with Crippen molar-refractivity contribution in [1.82, 2.24) is 19.9 Å². The van der Waals surface area contributed by atoms with Crippen LogP contribution in [-0.4, -0.2) is 87.5 Å². The Labute approximate surface area is 647 Å². The summed E-state index contributed by atoms with van der Waals surface area (Å²) in [5.41, 5.74) is 11.4. The van der Waals surface area contributed by atoms with Crippen molar-refractivity contribution >= 4 is 32.4 Å². The number of aromatic nitrogens is 4. The standard InChI is InChI=1S/C93H130N4O10S/c1-8-14-20-34-55-101-76-62-72(63-77(68-76)102-56-35-21-15-9-2)91-84-48-46-82(94-84)90(71-42-44-75(45-43-71)100-54-40-32-30-28-26-27-29-31-33-41-61-107-108(7,98)99)83-47-49-85(95-83)92(73-64-78(103-57-36-22-16-10-3)69-79(65-73)104-58-37-23-17-11-4)87-51-53-89(97-87)93(88-52-50-86(91)96-88)74-66-80(105-59-38-24-18-12-5)70-81(67-74)106-60-39-25-19-13-6/h42-53,62-70,94-97H,8-41,54-61H2,1-7H3. The van der Waals surface area contributed by atoms with E-state index in [9.17, 15) is 8.42 Å². The fourth-order valence-electron chi connectivity index (χ4n) is 14.3. The van der Waals surface area contributed by atoms with Crippen LogP contribution >= 0.6 is 0 Å². The summed E-state index contributed by atoms with van der Waals surface area (Å²) in [6.07, 6.45) is 38.5. The Balaban J connectivity index is 1.21. The summed E-state index contributed by atoms with van der Waals surface area (Å²) >= 11 is 0. The molecule has 0 saturated carbocycles. The summed E-state index contributed by atoms with van der Waals surface area (Å²) in [5, 5.41) is 3.67. The van der Waals surface area contributed by atoms with Gasteiger partial charge in [-0.25, -0.2) is 0 Å². The number of hydrogen-bond acceptors (Lipinski definition) is 10. The van der Waals surface area contributed by atoms with Gasteiger partial charge in [0.2, 0.25) is 0 Å². The van der Waals surface area contributed by atoms with Crippen LogP contribution in [0.3, 0.4) is 0 Å². The number of benzene rings is 4. The third-order valence-electron chi connectivity index (χ3n) is 20.3. The van der Waals surface area contributed by atoms with E-state index < -0.39 is 10.1 Å². The molecular formula is C93H130N4O10S. The number of hydrogen-bond donors (Lipinski definition) is 4. The molecule has 1 aliphatic heterocycles. The highest BCUT2D eigenvalue weighted by molar-refractivity contribution is 7.86. The van der Waals surface area contributed by atoms with Crippen LogP contribution in [-0.2, 0) is 14.3 Å². The van der Waals surface area contributed by atoms with Crippen LogP contribution in [0.2, 0.25) is 0 Å². The van der Waals surface area contributed by atoms with E-state index in [2.05, 4.69) is 189 Å². The molecule has 0 amide bonds. The van der Waals surface area contributed by atoms with E-state index in [1.807, 2.05) is 0 Å². The second kappa shape index (κ2) is 47.1. The van der Waals surface area contributed by atoms with E-state index >= 15 is 0 Å². The lowest BCUT2D eigenvalue weighted by atomic mass is 10.0. The maximum Gasteiger partial charge on any atom is 0.264 e. The third kappa shape index (κ3) is 27.8. The van der Waals surface area contributed by atoms with Gasteiger partial charge in [0.25, 0.3) is 10.1 Å². The first-order valence-electron chi connectivity index (χ1n) is 42.0. The van der Waals surface area contributed by atoms with Crippen LogP contribution in [0.1, 0.15) is 305 Å². The molecule has 108 heavy (non-hydrogen) atoms. The number of fused-ring (bicyclic) bond motifs is 8. The van der Waals surface area contributed by atoms with Crippen molar-refractivity contribution in [2.75, 3.05) is 59.1 Å². The van der Waals surface area contributed by atoms with Gasteiger partial charge in [0.15, 0.2) is 0 Å². The molecular weight excluding hydrogens is 1370 g/mol. The topological polar surface area (TPSA) is 171 Å². The highest BCUT2D eigenvalue weighted by Crippen LogP contribution is 2.36. The molecule has 4 N–H and O–H groups in total. The highest BCUT2D eigenvalue weighted by Gasteiger charge is 2.22. The quantitative estimate of drug-likeness (QED) is 0.0212. The fourth-order valence-corrected chi connectivity index (χ4v) is 14.7. The second-order valence-corrected chi connectivity index (χ2v) is 31.3. The largest absolute Gasteiger partial charge is 0.494 e. The molecule has 588 valence electrons. The monoisotopic (exact) mass is 1490 g/mol. The number of H-pyrrole nitrogens is 4. The van der Waals surface area contributed by atoms with E-state index in [0.717, 1.165) is 289 Å². The number of nitrogens with one attached hydrogen (secondary N) is 4. The van der Waals surface area contributed by atoms with E-state index in [0.29, 0.717) is 46.2 Å². The minimum absolute atomic E-state index is 0.275. The van der Waals surface area contributed by atoms with Crippen LogP contribution in [0.15, 0.2) is 127 Å². The molecule has 0 fully saturated rings. The van der Waals surface area contributed by atoms with Crippen molar-refractivity contribution in [3.05, 3.63) is 194 Å². The Bertz CT molecular complexity index is 4200. The number of ether oxygens (including phenoxy) is 7. The zero-order valence-electron chi connectivity index (χ0n) is 66.8. The van der Waals surface area contributed by atoms with Gasteiger partial charge in [0.1, 0.15) is 40.2 Å². The summed E-state index contributed by atoms with van der Waals surface area (Å²) in [6.45, 7) is 18.1. The minimum atomic E-state index is -3.37. The maximum atomic E-state index is 11.3. The Hall–Kier alpha value is -8.01. The predicted molar refractivity (Wildman–Crippen MR) is 444 cm³/mol. The van der Waals surface area contributed by atoms with Crippen molar-refractivity contribution in [1.29, 1.82) is 0 Å². The molecule has 4 aromatic carbocycles. The Morgan fingerprint density at radius 2 is 0.454 bits per heavy atom. The predicted octanol–water partition coefficient (Wildman–Crippen LogP) is 21.3. The minimum Gasteiger partial charge on any atom is -0.494 e. The van der Waals surface area contributed by atoms with Crippen molar-refractivity contribution in [2.45, 2.75) is 260 Å². The van der Waals surface area contributed by atoms with Crippen molar-refractivity contribution in [2.24, 2.45) is 0 Å². The summed E-state index contributed by atoms with van der Waals surface area (Å²) < 4.78 is 74.4. The summed E-state index contributed by atoms with van der Waals surface area (Å²) in [6, 6.07) is 45.7. The van der Waals surface area contributed by atoms with Gasteiger partial charge in [-0.2, -0.15) is 8.42 Å². The van der Waals surface area contributed by atoms with Crippen LogP contribution < -0.4 is 54.6 Å². The molecule has 0 radical (unpaired) electrons. The van der Waals surface area contributed by atoms with Gasteiger partial charge in [-0.3, -0.25) is 4.18 Å². The molecule has 4 aromatic heterocycles. The first-order valence-corrected chi connectivity index (χ1v) is 43.9. The molecule has 0 saturated heterocycles. The van der Waals surface area contributed by atoms with E-state index in [1.165, 1.54) is 64.2 Å². The Morgan fingerprint density at radius 3 is 0.704 bits per heavy atom. The average Bonchev–Trinajstić information content (AvgIpc) is 1.58. The van der Waals surface area contributed by atoms with Crippen molar-refractivity contribution < 1.29 is 45.8 Å². The molecule has 0 unspecified atom stereocenters. The lowest BCUT2D eigenvalue weighted by molar-refractivity contribution is 0.290. The lowest BCUT2D eigenvalue weighted by Crippen LogP contribution is -2.19. The third-order valence-corrected chi connectivity index (χ3v) is 20.8. The van der Waals surface area contributed by atoms with Gasteiger partial charge in [-0.15, -0.1) is 0 Å². The molecule has 0 spiro atoms. The zero-order chi connectivity index (χ0) is 75.8. The first-order chi connectivity index (χ1) is 53.0. The van der Waals surface area contributed by atoms with Crippen molar-refractivity contribution in [3.8, 4) is 40.2 Å². The van der Waals surface area contributed by atoms with Crippen LogP contribution in [0.4, 0.5) is 0 Å². The molecule has 0 aliphatic carbocycles. The molecule has 14 nitrogen and oxygen atoms in total. The first kappa shape index (κ1) is 84.0. The van der Waals surface area contributed by atoms with Gasteiger partial charge >= 0.3 is 0 Å². The summed E-state index contributed by atoms with van der Waals surface area (Å²) in [7, 11) is -3.37. The average molecular weight is 1500 g/mol. The van der Waals surface area contributed by atoms with Crippen LogP contribution in [0.5, 0.6) is 40.2 Å². The highest BCUT2D eigenvalue weighted by atomic mass is 32.2. The second-order valence-electron chi connectivity index (χ2n) is 29.6. The van der Waals surface area contributed by atoms with Gasteiger partial charge in [-0.05, 0) is 171 Å². The van der Waals surface area contributed by atoms with Gasteiger partial charge in [0, 0.05) is 84.7 Å².